The van der Waals surface area contributed by atoms with Crippen LogP contribution in [0.15, 0.2) is 54.6 Å². The van der Waals surface area contributed by atoms with Gasteiger partial charge in [-0.2, -0.15) is 5.10 Å². The second-order valence-electron chi connectivity index (χ2n) is 6.43. The Balaban J connectivity index is 1.67. The fourth-order valence-corrected chi connectivity index (χ4v) is 3.02. The highest BCUT2D eigenvalue weighted by atomic mass is 19.1. The molecule has 0 aliphatic carbocycles. The van der Waals surface area contributed by atoms with Gasteiger partial charge in [-0.05, 0) is 49.7 Å². The Morgan fingerprint density at radius 2 is 1.82 bits per heavy atom. The van der Waals surface area contributed by atoms with Crippen molar-refractivity contribution in [3.05, 3.63) is 71.5 Å². The summed E-state index contributed by atoms with van der Waals surface area (Å²) in [5.41, 5.74) is 4.68. The highest BCUT2D eigenvalue weighted by molar-refractivity contribution is 5.92. The molecule has 0 atom stereocenters. The number of nitrogens with one attached hydrogen (secondary N) is 1. The van der Waals surface area contributed by atoms with Crippen molar-refractivity contribution in [2.75, 3.05) is 6.61 Å². The van der Waals surface area contributed by atoms with Crippen molar-refractivity contribution >= 4 is 17.0 Å². The smallest absolute Gasteiger partial charge is 0.338 e. The van der Waals surface area contributed by atoms with E-state index >= 15 is 0 Å². The molecule has 0 aliphatic heterocycles. The number of H-pyrrole nitrogens is 1. The number of aryl methyl sites for hydroxylation is 1. The van der Waals surface area contributed by atoms with E-state index in [-0.39, 0.29) is 11.8 Å². The van der Waals surface area contributed by atoms with Crippen LogP contribution < -0.4 is 0 Å². The zero-order valence-corrected chi connectivity index (χ0v) is 15.5. The minimum Gasteiger partial charge on any atom is -0.462 e. The van der Waals surface area contributed by atoms with Gasteiger partial charge >= 0.3 is 5.97 Å². The summed E-state index contributed by atoms with van der Waals surface area (Å²) in [5, 5.41) is 8.04. The van der Waals surface area contributed by atoms with Gasteiger partial charge in [-0.15, -0.1) is 0 Å². The quantitative estimate of drug-likeness (QED) is 0.514. The van der Waals surface area contributed by atoms with Gasteiger partial charge in [0.15, 0.2) is 5.65 Å². The van der Waals surface area contributed by atoms with Gasteiger partial charge in [-0.1, -0.05) is 24.3 Å². The second kappa shape index (κ2) is 7.23. The Morgan fingerprint density at radius 1 is 1.07 bits per heavy atom. The van der Waals surface area contributed by atoms with Crippen molar-refractivity contribution in [2.24, 2.45) is 0 Å². The summed E-state index contributed by atoms with van der Waals surface area (Å²) in [6.07, 6.45) is 0. The summed E-state index contributed by atoms with van der Waals surface area (Å²) in [5.74, 6) is -0.605. The highest BCUT2D eigenvalue weighted by Crippen LogP contribution is 2.29. The number of fused-ring (bicyclic) bond motifs is 1. The first-order chi connectivity index (χ1) is 13.6. The third-order valence-electron chi connectivity index (χ3n) is 4.57. The average Bonchev–Trinajstić information content (AvgIpc) is 3.13. The third kappa shape index (κ3) is 3.24. The maximum atomic E-state index is 13.9. The summed E-state index contributed by atoms with van der Waals surface area (Å²) >= 11 is 0. The summed E-state index contributed by atoms with van der Waals surface area (Å²) in [7, 11) is 0. The van der Waals surface area contributed by atoms with E-state index in [9.17, 15) is 9.18 Å². The van der Waals surface area contributed by atoms with Crippen LogP contribution in [0.4, 0.5) is 4.39 Å². The lowest BCUT2D eigenvalue weighted by molar-refractivity contribution is 0.0526. The van der Waals surface area contributed by atoms with E-state index in [1.807, 2.05) is 30.3 Å². The Kier molecular flexibility index (Phi) is 4.61. The molecule has 0 saturated heterocycles. The molecular formula is C22H18FN3O2. The van der Waals surface area contributed by atoms with Crippen LogP contribution in [0.5, 0.6) is 0 Å². The lowest BCUT2D eigenvalue weighted by Gasteiger charge is -2.05. The highest BCUT2D eigenvalue weighted by Gasteiger charge is 2.12. The number of carbonyl (C=O) groups is 1. The van der Waals surface area contributed by atoms with Crippen LogP contribution in [0.3, 0.4) is 0 Å². The van der Waals surface area contributed by atoms with Crippen LogP contribution in [-0.2, 0) is 4.74 Å². The summed E-state index contributed by atoms with van der Waals surface area (Å²) in [6.45, 7) is 3.84. The number of aromatic nitrogens is 3. The van der Waals surface area contributed by atoms with Crippen LogP contribution >= 0.6 is 0 Å². The first-order valence-corrected chi connectivity index (χ1v) is 8.96. The Bertz CT molecular complexity index is 1170. The van der Waals surface area contributed by atoms with Crippen molar-refractivity contribution in [1.29, 1.82) is 0 Å². The minimum atomic E-state index is -0.347. The van der Waals surface area contributed by atoms with Crippen molar-refractivity contribution < 1.29 is 13.9 Å². The molecular weight excluding hydrogens is 357 g/mol. The summed E-state index contributed by atoms with van der Waals surface area (Å²) in [4.78, 5) is 16.4. The molecule has 6 heteroatoms. The van der Waals surface area contributed by atoms with Gasteiger partial charge in [-0.3, -0.25) is 5.10 Å². The molecule has 0 radical (unpaired) electrons. The molecule has 0 amide bonds. The molecule has 4 rings (SSSR count). The Hall–Kier alpha value is -3.54. The first kappa shape index (κ1) is 17.9. The number of hydrogen-bond acceptors (Lipinski definition) is 4. The van der Waals surface area contributed by atoms with E-state index in [0.29, 0.717) is 23.4 Å². The lowest BCUT2D eigenvalue weighted by atomic mass is 10.1. The number of halogens is 1. The van der Waals surface area contributed by atoms with Gasteiger partial charge in [0.1, 0.15) is 5.82 Å². The fraction of sp³-hybridized carbons (Fsp3) is 0.136. The van der Waals surface area contributed by atoms with E-state index < -0.39 is 0 Å². The molecule has 2 aromatic carbocycles. The van der Waals surface area contributed by atoms with Crippen LogP contribution in [0.2, 0.25) is 0 Å². The zero-order chi connectivity index (χ0) is 19.7. The standard InChI is InChI=1S/C22H18FN3O2/c1-3-28-22(27)15-8-6-14(7-9-15)19-11-10-17-20(25-26-21(17)24-19)16-5-4-13(2)18(23)12-16/h4-12H,3H2,1-2H3,(H,24,25,26). The van der Waals surface area contributed by atoms with Gasteiger partial charge in [-0.25, -0.2) is 14.2 Å². The van der Waals surface area contributed by atoms with E-state index in [1.54, 1.807) is 32.0 Å². The molecule has 4 aromatic rings. The fourth-order valence-electron chi connectivity index (χ4n) is 3.02. The molecule has 2 heterocycles. The zero-order valence-electron chi connectivity index (χ0n) is 15.5. The molecule has 5 nitrogen and oxygen atoms in total. The molecule has 0 unspecified atom stereocenters. The first-order valence-electron chi connectivity index (χ1n) is 8.96. The number of nitrogens with zero attached hydrogens (tertiary/aromatic N) is 2. The van der Waals surface area contributed by atoms with Crippen LogP contribution in [0.25, 0.3) is 33.5 Å². The molecule has 2 aromatic heterocycles. The average molecular weight is 375 g/mol. The van der Waals surface area contributed by atoms with Gasteiger partial charge in [0.25, 0.3) is 0 Å². The monoisotopic (exact) mass is 375 g/mol. The van der Waals surface area contributed by atoms with Crippen molar-refractivity contribution in [3.63, 3.8) is 0 Å². The predicted molar refractivity (Wildman–Crippen MR) is 105 cm³/mol. The Labute approximate surface area is 161 Å². The number of benzene rings is 2. The molecule has 1 N–H and O–H groups in total. The lowest BCUT2D eigenvalue weighted by Crippen LogP contribution is -2.04. The maximum Gasteiger partial charge on any atom is 0.338 e. The Morgan fingerprint density at radius 3 is 2.54 bits per heavy atom. The molecule has 28 heavy (non-hydrogen) atoms. The number of ether oxygens (including phenoxy) is 1. The topological polar surface area (TPSA) is 67.9 Å². The van der Waals surface area contributed by atoms with Crippen molar-refractivity contribution in [3.8, 4) is 22.5 Å². The van der Waals surface area contributed by atoms with Crippen LogP contribution in [0.1, 0.15) is 22.8 Å². The van der Waals surface area contributed by atoms with Gasteiger partial charge in [0.2, 0.25) is 0 Å². The molecule has 0 spiro atoms. The molecule has 0 fully saturated rings. The van der Waals surface area contributed by atoms with Crippen molar-refractivity contribution in [1.82, 2.24) is 15.2 Å². The largest absolute Gasteiger partial charge is 0.462 e. The van der Waals surface area contributed by atoms with Gasteiger partial charge < -0.3 is 4.74 Å². The van der Waals surface area contributed by atoms with Crippen LogP contribution in [-0.4, -0.2) is 27.8 Å². The number of aromatic amines is 1. The SMILES string of the molecule is CCOC(=O)c1ccc(-c2ccc3c(-c4ccc(C)c(F)c4)[nH]nc3n2)cc1. The number of pyridine rings is 1. The summed E-state index contributed by atoms with van der Waals surface area (Å²) in [6, 6.07) is 15.9. The number of rotatable bonds is 4. The third-order valence-corrected chi connectivity index (χ3v) is 4.57. The molecule has 0 aliphatic rings. The normalized spacial score (nSPS) is 11.0. The van der Waals surface area contributed by atoms with Crippen LogP contribution in [0, 0.1) is 12.7 Å². The van der Waals surface area contributed by atoms with Gasteiger partial charge in [0.05, 0.1) is 23.6 Å². The summed E-state index contributed by atoms with van der Waals surface area (Å²) < 4.78 is 18.9. The number of hydrogen-bond donors (Lipinski definition) is 1. The number of carbonyl (C=O) groups excluding carboxylic acids is 1. The van der Waals surface area contributed by atoms with E-state index in [2.05, 4.69) is 15.2 Å². The molecule has 140 valence electrons. The maximum absolute atomic E-state index is 13.9. The van der Waals surface area contributed by atoms with E-state index in [1.165, 1.54) is 6.07 Å². The predicted octanol–water partition coefficient (Wildman–Crippen LogP) is 4.92. The number of esters is 1. The molecule has 0 bridgehead atoms. The molecule has 0 saturated carbocycles. The van der Waals surface area contributed by atoms with E-state index in [0.717, 1.165) is 27.9 Å². The van der Waals surface area contributed by atoms with Crippen molar-refractivity contribution in [2.45, 2.75) is 13.8 Å². The minimum absolute atomic E-state index is 0.258. The van der Waals surface area contributed by atoms with Gasteiger partial charge in [0, 0.05) is 16.5 Å². The second-order valence-corrected chi connectivity index (χ2v) is 6.43. The van der Waals surface area contributed by atoms with E-state index in [4.69, 9.17) is 4.74 Å².